The molecular formula is C35H44F6O3. The molecular weight excluding hydrogens is 582 g/mol. The zero-order chi connectivity index (χ0) is 31.3. The molecule has 2 saturated carbocycles. The monoisotopic (exact) mass is 626 g/mol. The first-order valence-electron chi connectivity index (χ1n) is 16.3. The normalized spacial score (nSPS) is 28.5. The summed E-state index contributed by atoms with van der Waals surface area (Å²) in [6.45, 7) is 3.79. The Morgan fingerprint density at radius 2 is 1.30 bits per heavy atom. The zero-order valence-electron chi connectivity index (χ0n) is 25.4. The van der Waals surface area contributed by atoms with E-state index in [2.05, 4.69) is 6.92 Å². The lowest BCUT2D eigenvalue weighted by Crippen LogP contribution is -2.40. The van der Waals surface area contributed by atoms with Crippen LogP contribution < -0.4 is 4.74 Å². The van der Waals surface area contributed by atoms with Crippen molar-refractivity contribution in [2.75, 3.05) is 13.2 Å². The average molecular weight is 627 g/mol. The van der Waals surface area contributed by atoms with Gasteiger partial charge in [0.1, 0.15) is 11.6 Å². The van der Waals surface area contributed by atoms with Crippen LogP contribution in [0.5, 0.6) is 5.75 Å². The lowest BCUT2D eigenvalue weighted by atomic mass is 9.69. The molecule has 44 heavy (non-hydrogen) atoms. The van der Waals surface area contributed by atoms with Gasteiger partial charge in [-0.1, -0.05) is 44.4 Å². The number of halogens is 6. The van der Waals surface area contributed by atoms with E-state index in [1.54, 1.807) is 0 Å². The second-order valence-electron chi connectivity index (χ2n) is 13.1. The maximum absolute atomic E-state index is 15.2. The third-order valence-electron chi connectivity index (χ3n) is 10.0. The van der Waals surface area contributed by atoms with E-state index in [1.165, 1.54) is 49.9 Å². The summed E-state index contributed by atoms with van der Waals surface area (Å²) >= 11 is 0. The van der Waals surface area contributed by atoms with E-state index in [0.29, 0.717) is 48.1 Å². The third kappa shape index (κ3) is 8.31. The SMILES string of the molecule is CCCCCC1COC(C2CCC(C3CCC(C(F)(F)Oc4ccc(-c5ccc(C(F)(F)F)c(F)c5)cc4)CC3)CC2)OC1. The minimum atomic E-state index is -4.79. The zero-order valence-corrected chi connectivity index (χ0v) is 25.4. The van der Waals surface area contributed by atoms with Crippen molar-refractivity contribution in [3.05, 3.63) is 53.8 Å². The van der Waals surface area contributed by atoms with Crippen LogP contribution in [0.25, 0.3) is 11.1 Å². The van der Waals surface area contributed by atoms with Crippen LogP contribution in [0.15, 0.2) is 42.5 Å². The molecule has 0 unspecified atom stereocenters. The van der Waals surface area contributed by atoms with Gasteiger partial charge in [-0.15, -0.1) is 0 Å². The van der Waals surface area contributed by atoms with Crippen molar-refractivity contribution in [3.63, 3.8) is 0 Å². The molecule has 5 rings (SSSR count). The molecule has 0 atom stereocenters. The van der Waals surface area contributed by atoms with Gasteiger partial charge >= 0.3 is 12.3 Å². The van der Waals surface area contributed by atoms with Crippen LogP contribution in [-0.4, -0.2) is 25.6 Å². The third-order valence-corrected chi connectivity index (χ3v) is 10.0. The van der Waals surface area contributed by atoms with E-state index in [1.807, 2.05) is 0 Å². The van der Waals surface area contributed by atoms with Crippen LogP contribution >= 0.6 is 0 Å². The summed E-state index contributed by atoms with van der Waals surface area (Å²) in [6, 6.07) is 8.19. The molecule has 0 aromatic heterocycles. The molecule has 1 aliphatic heterocycles. The van der Waals surface area contributed by atoms with E-state index < -0.39 is 29.6 Å². The number of ether oxygens (including phenoxy) is 3. The molecule has 3 aliphatic rings. The Labute approximate surface area is 256 Å². The van der Waals surface area contributed by atoms with Gasteiger partial charge in [0, 0.05) is 11.8 Å². The van der Waals surface area contributed by atoms with Crippen molar-refractivity contribution in [1.29, 1.82) is 0 Å². The summed E-state index contributed by atoms with van der Waals surface area (Å²) < 4.78 is 100. The quantitative estimate of drug-likeness (QED) is 0.194. The van der Waals surface area contributed by atoms with Crippen molar-refractivity contribution >= 4 is 0 Å². The van der Waals surface area contributed by atoms with Gasteiger partial charge in [0.25, 0.3) is 0 Å². The largest absolute Gasteiger partial charge is 0.432 e. The molecule has 2 aromatic carbocycles. The van der Waals surface area contributed by atoms with Crippen LogP contribution in [0.4, 0.5) is 26.3 Å². The smallest absolute Gasteiger partial charge is 0.419 e. The van der Waals surface area contributed by atoms with Crippen LogP contribution in [0, 0.1) is 35.4 Å². The van der Waals surface area contributed by atoms with Crippen molar-refractivity contribution < 1.29 is 40.6 Å². The Morgan fingerprint density at radius 3 is 1.86 bits per heavy atom. The molecule has 0 amide bonds. The van der Waals surface area contributed by atoms with Gasteiger partial charge < -0.3 is 14.2 Å². The highest BCUT2D eigenvalue weighted by molar-refractivity contribution is 5.64. The van der Waals surface area contributed by atoms with E-state index >= 15 is 8.78 Å². The predicted octanol–water partition coefficient (Wildman–Crippen LogP) is 10.7. The maximum Gasteiger partial charge on any atom is 0.419 e. The highest BCUT2D eigenvalue weighted by Gasteiger charge is 2.45. The second kappa shape index (κ2) is 14.4. The van der Waals surface area contributed by atoms with Crippen molar-refractivity contribution in [2.24, 2.45) is 29.6 Å². The summed E-state index contributed by atoms with van der Waals surface area (Å²) in [5.74, 6) is -0.383. The number of unbranched alkanes of at least 4 members (excludes halogenated alkanes) is 2. The number of hydrogen-bond donors (Lipinski definition) is 0. The Bertz CT molecular complexity index is 1180. The molecule has 2 aliphatic carbocycles. The Morgan fingerprint density at radius 1 is 0.727 bits per heavy atom. The van der Waals surface area contributed by atoms with E-state index in [0.717, 1.165) is 63.9 Å². The molecule has 3 nitrogen and oxygen atoms in total. The number of benzene rings is 2. The van der Waals surface area contributed by atoms with Gasteiger partial charge in [-0.3, -0.25) is 0 Å². The Hall–Kier alpha value is -2.26. The molecule has 3 fully saturated rings. The van der Waals surface area contributed by atoms with E-state index in [9.17, 15) is 17.6 Å². The predicted molar refractivity (Wildman–Crippen MR) is 157 cm³/mol. The number of alkyl halides is 5. The van der Waals surface area contributed by atoms with Gasteiger partial charge in [0.05, 0.1) is 24.7 Å². The molecule has 1 heterocycles. The Kier molecular flexibility index (Phi) is 10.9. The van der Waals surface area contributed by atoms with Crippen molar-refractivity contribution in [1.82, 2.24) is 0 Å². The van der Waals surface area contributed by atoms with Gasteiger partial charge in [0.15, 0.2) is 6.29 Å². The molecule has 0 bridgehead atoms. The summed E-state index contributed by atoms with van der Waals surface area (Å²) in [6.07, 6.45) is 3.25. The molecule has 244 valence electrons. The van der Waals surface area contributed by atoms with Gasteiger partial charge in [-0.25, -0.2) is 4.39 Å². The summed E-state index contributed by atoms with van der Waals surface area (Å²) in [5, 5.41) is 0. The molecule has 9 heteroatoms. The van der Waals surface area contributed by atoms with Gasteiger partial charge in [-0.05, 0) is 105 Å². The van der Waals surface area contributed by atoms with Crippen molar-refractivity contribution in [2.45, 2.75) is 103 Å². The maximum atomic E-state index is 15.2. The van der Waals surface area contributed by atoms with Gasteiger partial charge in [0.2, 0.25) is 0 Å². The first kappa shape index (κ1) is 33.1. The van der Waals surface area contributed by atoms with E-state index in [4.69, 9.17) is 14.2 Å². The number of hydrogen-bond acceptors (Lipinski definition) is 3. The lowest BCUT2D eigenvalue weighted by molar-refractivity contribution is -0.232. The van der Waals surface area contributed by atoms with Crippen LogP contribution in [0.2, 0.25) is 0 Å². The molecule has 0 N–H and O–H groups in total. The summed E-state index contributed by atoms with van der Waals surface area (Å²) in [4.78, 5) is 0. The molecule has 2 aromatic rings. The topological polar surface area (TPSA) is 27.7 Å². The fraction of sp³-hybridized carbons (Fsp3) is 0.657. The summed E-state index contributed by atoms with van der Waals surface area (Å²) in [7, 11) is 0. The van der Waals surface area contributed by atoms with E-state index in [-0.39, 0.29) is 17.6 Å². The lowest BCUT2D eigenvalue weighted by Gasteiger charge is -2.41. The van der Waals surface area contributed by atoms with Gasteiger partial charge in [-0.2, -0.15) is 22.0 Å². The second-order valence-corrected chi connectivity index (χ2v) is 13.1. The fourth-order valence-electron chi connectivity index (χ4n) is 7.38. The fourth-order valence-corrected chi connectivity index (χ4v) is 7.38. The van der Waals surface area contributed by atoms with Crippen LogP contribution in [0.1, 0.15) is 89.5 Å². The van der Waals surface area contributed by atoms with Crippen LogP contribution in [0.3, 0.4) is 0 Å². The standard InChI is InChI=1S/C35H44F6O3/c1-2-3-4-5-23-21-42-33(43-22-23)27-8-6-24(7-9-27)25-10-15-29(16-11-25)35(40,41)44-30-17-12-26(13-18-30)28-14-19-31(32(36)20-28)34(37,38)39/h12-14,17-20,23-25,27,29,33H,2-11,15-16,21-22H2,1H3. The minimum Gasteiger partial charge on any atom is -0.432 e. The highest BCUT2D eigenvalue weighted by atomic mass is 19.4. The van der Waals surface area contributed by atoms with Crippen LogP contribution in [-0.2, 0) is 15.7 Å². The first-order valence-corrected chi connectivity index (χ1v) is 16.3. The molecule has 0 spiro atoms. The van der Waals surface area contributed by atoms with Crippen molar-refractivity contribution in [3.8, 4) is 16.9 Å². The number of rotatable bonds is 10. The highest BCUT2D eigenvalue weighted by Crippen LogP contribution is 2.46. The molecule has 0 radical (unpaired) electrons. The summed E-state index contributed by atoms with van der Waals surface area (Å²) in [5.41, 5.74) is -0.735. The minimum absolute atomic E-state index is 0.0361. The Balaban J connectivity index is 1.05. The molecule has 1 saturated heterocycles. The average Bonchev–Trinajstić information content (AvgIpc) is 3.01. The first-order chi connectivity index (χ1) is 21.0.